The molecule has 1 N–H and O–H groups in total. The van der Waals surface area contributed by atoms with E-state index >= 15 is 0 Å². The predicted octanol–water partition coefficient (Wildman–Crippen LogP) is 3.00. The highest BCUT2D eigenvalue weighted by Gasteiger charge is 2.25. The molecule has 7 nitrogen and oxygen atoms in total. The molecule has 0 saturated carbocycles. The Kier molecular flexibility index (Phi) is 5.65. The molecule has 3 aromatic rings. The normalized spacial score (nSPS) is 16.7. The van der Waals surface area contributed by atoms with Crippen molar-refractivity contribution in [2.75, 3.05) is 18.0 Å². The summed E-state index contributed by atoms with van der Waals surface area (Å²) in [5, 5.41) is 3.22. The number of aryl methyl sites for hydroxylation is 1. The minimum atomic E-state index is 0.00652. The van der Waals surface area contributed by atoms with E-state index in [2.05, 4.69) is 25.2 Å². The van der Waals surface area contributed by atoms with Gasteiger partial charge in [-0.25, -0.2) is 15.0 Å². The van der Waals surface area contributed by atoms with Gasteiger partial charge in [0.1, 0.15) is 12.1 Å². The van der Waals surface area contributed by atoms with Crippen molar-refractivity contribution in [3.8, 4) is 0 Å². The Morgan fingerprint density at radius 3 is 2.65 bits per heavy atom. The van der Waals surface area contributed by atoms with E-state index in [1.165, 1.54) is 24.1 Å². The van der Waals surface area contributed by atoms with Crippen LogP contribution in [-0.4, -0.2) is 44.6 Å². The average Bonchev–Trinajstić information content (AvgIpc) is 3.33. The molecule has 2 aromatic heterocycles. The molecule has 7 heteroatoms. The molecule has 1 aromatic carbocycles. The quantitative estimate of drug-likeness (QED) is 0.692. The second-order valence-electron chi connectivity index (χ2n) is 8.50. The van der Waals surface area contributed by atoms with Crippen molar-refractivity contribution in [3.05, 3.63) is 71.7 Å². The Balaban J connectivity index is 1.16. The van der Waals surface area contributed by atoms with Crippen molar-refractivity contribution >= 4 is 11.7 Å². The van der Waals surface area contributed by atoms with Crippen LogP contribution in [0.25, 0.3) is 0 Å². The summed E-state index contributed by atoms with van der Waals surface area (Å²) in [6, 6.07) is 8.03. The molecule has 5 rings (SSSR count). The van der Waals surface area contributed by atoms with Crippen LogP contribution < -0.4 is 10.2 Å². The van der Waals surface area contributed by atoms with E-state index in [-0.39, 0.29) is 11.9 Å². The van der Waals surface area contributed by atoms with E-state index in [0.29, 0.717) is 5.56 Å². The lowest BCUT2D eigenvalue weighted by molar-refractivity contribution is 0.0931. The smallest absolute Gasteiger partial charge is 0.251 e. The number of nitrogens with one attached hydrogen (secondary N) is 1. The number of rotatable bonds is 5. The van der Waals surface area contributed by atoms with Crippen LogP contribution in [0.1, 0.15) is 52.9 Å². The summed E-state index contributed by atoms with van der Waals surface area (Å²) in [4.78, 5) is 28.3. The maximum absolute atomic E-state index is 12.7. The number of piperidine rings is 1. The number of amides is 1. The minimum absolute atomic E-state index is 0.00652. The number of nitrogens with zero attached hydrogens (tertiary/aromatic N) is 5. The van der Waals surface area contributed by atoms with Crippen LogP contribution in [0.15, 0.2) is 49.3 Å². The molecule has 31 heavy (non-hydrogen) atoms. The Morgan fingerprint density at radius 2 is 1.87 bits per heavy atom. The van der Waals surface area contributed by atoms with Crippen LogP contribution in [0, 0.1) is 0 Å². The van der Waals surface area contributed by atoms with Crippen LogP contribution in [-0.2, 0) is 19.4 Å². The SMILES string of the molecule is O=C(NC1CCN(c2ncnc3c2CCCC3)CC1)c1ccc(Cn2ccnc2)cc1. The van der Waals surface area contributed by atoms with Crippen LogP contribution in [0.5, 0.6) is 0 Å². The second kappa shape index (κ2) is 8.88. The van der Waals surface area contributed by atoms with Crippen molar-refractivity contribution in [1.29, 1.82) is 0 Å². The zero-order valence-corrected chi connectivity index (χ0v) is 17.7. The largest absolute Gasteiger partial charge is 0.356 e. The fourth-order valence-corrected chi connectivity index (χ4v) is 4.63. The van der Waals surface area contributed by atoms with Crippen LogP contribution in [0.4, 0.5) is 5.82 Å². The lowest BCUT2D eigenvalue weighted by atomic mass is 9.95. The summed E-state index contributed by atoms with van der Waals surface area (Å²) in [7, 11) is 0. The van der Waals surface area contributed by atoms with Gasteiger partial charge in [-0.05, 0) is 56.2 Å². The van der Waals surface area contributed by atoms with Gasteiger partial charge in [-0.3, -0.25) is 4.79 Å². The Labute approximate surface area is 182 Å². The summed E-state index contributed by atoms with van der Waals surface area (Å²) >= 11 is 0. The number of hydrogen-bond acceptors (Lipinski definition) is 5. The zero-order chi connectivity index (χ0) is 21.0. The van der Waals surface area contributed by atoms with E-state index in [4.69, 9.17) is 0 Å². The van der Waals surface area contributed by atoms with Crippen molar-refractivity contribution in [2.24, 2.45) is 0 Å². The molecule has 0 atom stereocenters. The summed E-state index contributed by atoms with van der Waals surface area (Å²) < 4.78 is 2.01. The van der Waals surface area contributed by atoms with Crippen LogP contribution in [0.2, 0.25) is 0 Å². The Hall–Kier alpha value is -3.22. The van der Waals surface area contributed by atoms with E-state index in [0.717, 1.165) is 56.7 Å². The topological polar surface area (TPSA) is 75.9 Å². The van der Waals surface area contributed by atoms with E-state index in [1.54, 1.807) is 18.9 Å². The van der Waals surface area contributed by atoms with Gasteiger partial charge >= 0.3 is 0 Å². The van der Waals surface area contributed by atoms with Gasteiger partial charge in [-0.15, -0.1) is 0 Å². The number of benzene rings is 1. The lowest BCUT2D eigenvalue weighted by Gasteiger charge is -2.35. The molecule has 0 radical (unpaired) electrons. The lowest BCUT2D eigenvalue weighted by Crippen LogP contribution is -2.45. The highest BCUT2D eigenvalue weighted by Crippen LogP contribution is 2.28. The predicted molar refractivity (Wildman–Crippen MR) is 119 cm³/mol. The van der Waals surface area contributed by atoms with Gasteiger partial charge in [-0.2, -0.15) is 0 Å². The minimum Gasteiger partial charge on any atom is -0.356 e. The first-order valence-corrected chi connectivity index (χ1v) is 11.2. The molecule has 2 aliphatic rings. The van der Waals surface area contributed by atoms with Crippen molar-refractivity contribution in [3.63, 3.8) is 0 Å². The first kappa shape index (κ1) is 19.7. The molecular formula is C24H28N6O. The molecule has 3 heterocycles. The number of aromatic nitrogens is 4. The maximum atomic E-state index is 12.7. The molecule has 1 aliphatic heterocycles. The van der Waals surface area contributed by atoms with E-state index in [9.17, 15) is 4.79 Å². The monoisotopic (exact) mass is 416 g/mol. The van der Waals surface area contributed by atoms with Gasteiger partial charge in [0.15, 0.2) is 0 Å². The van der Waals surface area contributed by atoms with Gasteiger partial charge in [0.2, 0.25) is 0 Å². The first-order valence-electron chi connectivity index (χ1n) is 11.2. The Morgan fingerprint density at radius 1 is 1.06 bits per heavy atom. The molecule has 0 bridgehead atoms. The first-order chi connectivity index (χ1) is 15.3. The van der Waals surface area contributed by atoms with E-state index < -0.39 is 0 Å². The van der Waals surface area contributed by atoms with Gasteiger partial charge in [0.25, 0.3) is 5.91 Å². The summed E-state index contributed by atoms with van der Waals surface area (Å²) in [5.74, 6) is 1.12. The summed E-state index contributed by atoms with van der Waals surface area (Å²) in [5.41, 5.74) is 4.42. The van der Waals surface area contributed by atoms with Gasteiger partial charge < -0.3 is 14.8 Å². The number of fused-ring (bicyclic) bond motifs is 1. The van der Waals surface area contributed by atoms with Crippen LogP contribution >= 0.6 is 0 Å². The number of carbonyl (C=O) groups excluding carboxylic acids is 1. The number of anilines is 1. The fourth-order valence-electron chi connectivity index (χ4n) is 4.63. The second-order valence-corrected chi connectivity index (χ2v) is 8.50. The highest BCUT2D eigenvalue weighted by molar-refractivity contribution is 5.94. The van der Waals surface area contributed by atoms with Crippen molar-refractivity contribution < 1.29 is 4.79 Å². The molecule has 1 saturated heterocycles. The van der Waals surface area contributed by atoms with Crippen LogP contribution in [0.3, 0.4) is 0 Å². The van der Waals surface area contributed by atoms with Crippen molar-refractivity contribution in [1.82, 2.24) is 24.8 Å². The third kappa shape index (κ3) is 4.45. The molecular weight excluding hydrogens is 388 g/mol. The number of carbonyl (C=O) groups is 1. The van der Waals surface area contributed by atoms with Crippen molar-refractivity contribution in [2.45, 2.75) is 51.1 Å². The molecule has 1 amide bonds. The van der Waals surface area contributed by atoms with Gasteiger partial charge in [-0.1, -0.05) is 12.1 Å². The summed E-state index contributed by atoms with van der Waals surface area (Å²) in [6.45, 7) is 2.59. The third-order valence-corrected chi connectivity index (χ3v) is 6.37. The zero-order valence-electron chi connectivity index (χ0n) is 17.7. The molecule has 160 valence electrons. The maximum Gasteiger partial charge on any atom is 0.251 e. The standard InChI is InChI=1S/C24H28N6O/c31-24(19-7-5-18(6-8-19)15-29-14-11-25-17-29)28-20-9-12-30(13-10-20)23-21-3-1-2-4-22(21)26-16-27-23/h5-8,11,14,16-17,20H,1-4,9-10,12-13,15H2,(H,28,31). The molecule has 0 spiro atoms. The van der Waals surface area contributed by atoms with E-state index in [1.807, 2.05) is 35.0 Å². The molecule has 0 unspecified atom stereocenters. The molecule has 1 aliphatic carbocycles. The number of imidazole rings is 1. The summed E-state index contributed by atoms with van der Waals surface area (Å²) in [6.07, 6.45) is 13.7. The van der Waals surface area contributed by atoms with Gasteiger partial charge in [0, 0.05) is 54.9 Å². The average molecular weight is 417 g/mol. The molecule has 1 fully saturated rings. The number of hydrogen-bond donors (Lipinski definition) is 1. The highest BCUT2D eigenvalue weighted by atomic mass is 16.1. The Bertz CT molecular complexity index is 1020. The third-order valence-electron chi connectivity index (χ3n) is 6.37. The fraction of sp³-hybridized carbons (Fsp3) is 0.417. The van der Waals surface area contributed by atoms with Gasteiger partial charge in [0.05, 0.1) is 6.33 Å².